The minimum Gasteiger partial charge on any atom is -0.487 e. The highest BCUT2D eigenvalue weighted by atomic mass is 16.5. The maximum absolute atomic E-state index is 6.00. The molecule has 0 unspecified atom stereocenters. The van der Waals surface area contributed by atoms with E-state index in [0.29, 0.717) is 0 Å². The summed E-state index contributed by atoms with van der Waals surface area (Å²) in [6.45, 7) is 5.07. The lowest BCUT2D eigenvalue weighted by Gasteiger charge is -2.26. The molecule has 0 aliphatic heterocycles. The molecule has 1 aliphatic rings. The molecule has 88 valence electrons. The molecule has 2 nitrogen and oxygen atoms in total. The molecule has 1 aliphatic carbocycles. The summed E-state index contributed by atoms with van der Waals surface area (Å²) < 4.78 is 6.00. The van der Waals surface area contributed by atoms with Gasteiger partial charge in [0.15, 0.2) is 0 Å². The van der Waals surface area contributed by atoms with Crippen LogP contribution in [0.2, 0.25) is 0 Å². The number of likely N-dealkylation sites (N-methyl/N-ethyl adjacent to an activating group) is 1. The second-order valence-corrected chi connectivity index (χ2v) is 5.18. The van der Waals surface area contributed by atoms with Crippen LogP contribution in [0.1, 0.15) is 31.4 Å². The molecular weight excluding hydrogens is 198 g/mol. The van der Waals surface area contributed by atoms with Gasteiger partial charge in [0.25, 0.3) is 0 Å². The van der Waals surface area contributed by atoms with E-state index in [9.17, 15) is 0 Å². The van der Waals surface area contributed by atoms with E-state index in [0.717, 1.165) is 12.3 Å². The van der Waals surface area contributed by atoms with Crippen LogP contribution < -0.4 is 10.1 Å². The third-order valence-electron chi connectivity index (χ3n) is 3.07. The van der Waals surface area contributed by atoms with Gasteiger partial charge >= 0.3 is 0 Å². The van der Waals surface area contributed by atoms with Crippen LogP contribution in [0, 0.1) is 0 Å². The summed E-state index contributed by atoms with van der Waals surface area (Å²) in [6.07, 6.45) is 3.73. The van der Waals surface area contributed by atoms with Crippen molar-refractivity contribution in [1.82, 2.24) is 5.32 Å². The number of benzene rings is 1. The number of fused-ring (bicyclic) bond motifs is 1. The average Bonchev–Trinajstić information content (AvgIpc) is 2.63. The Kier molecular flexibility index (Phi) is 3.20. The zero-order valence-electron chi connectivity index (χ0n) is 10.5. The van der Waals surface area contributed by atoms with E-state index in [-0.39, 0.29) is 5.60 Å². The van der Waals surface area contributed by atoms with Gasteiger partial charge in [0.2, 0.25) is 0 Å². The zero-order valence-corrected chi connectivity index (χ0v) is 10.5. The molecule has 0 atom stereocenters. The predicted octanol–water partition coefficient (Wildman–Crippen LogP) is 2.55. The second-order valence-electron chi connectivity index (χ2n) is 5.18. The molecule has 0 bridgehead atoms. The molecule has 0 aromatic heterocycles. The van der Waals surface area contributed by atoms with Crippen LogP contribution in [0.3, 0.4) is 0 Å². The molecule has 1 aromatic carbocycles. The van der Waals surface area contributed by atoms with E-state index in [1.165, 1.54) is 30.4 Å². The summed E-state index contributed by atoms with van der Waals surface area (Å²) in [7, 11) is 1.95. The van der Waals surface area contributed by atoms with Crippen LogP contribution in [0.15, 0.2) is 18.2 Å². The first-order valence-electron chi connectivity index (χ1n) is 6.06. The fourth-order valence-electron chi connectivity index (χ4n) is 2.39. The number of nitrogens with one attached hydrogen (secondary N) is 1. The average molecular weight is 219 g/mol. The number of ether oxygens (including phenoxy) is 1. The highest BCUT2D eigenvalue weighted by molar-refractivity contribution is 5.38. The van der Waals surface area contributed by atoms with Gasteiger partial charge in [-0.3, -0.25) is 0 Å². The highest BCUT2D eigenvalue weighted by Crippen LogP contribution is 2.27. The summed E-state index contributed by atoms with van der Waals surface area (Å²) in [5, 5.41) is 3.16. The molecule has 0 saturated heterocycles. The smallest absolute Gasteiger partial charge is 0.120 e. The SMILES string of the molecule is CNCC(C)(C)Oc1ccc2c(c1)CCC2. The highest BCUT2D eigenvalue weighted by Gasteiger charge is 2.19. The molecule has 2 rings (SSSR count). The quantitative estimate of drug-likeness (QED) is 0.840. The van der Waals surface area contributed by atoms with Crippen molar-refractivity contribution in [2.75, 3.05) is 13.6 Å². The molecule has 0 radical (unpaired) electrons. The summed E-state index contributed by atoms with van der Waals surface area (Å²) in [6, 6.07) is 6.52. The summed E-state index contributed by atoms with van der Waals surface area (Å²) >= 11 is 0. The van der Waals surface area contributed by atoms with E-state index in [2.05, 4.69) is 37.4 Å². The normalized spacial score (nSPS) is 14.9. The van der Waals surface area contributed by atoms with Gasteiger partial charge in [-0.15, -0.1) is 0 Å². The van der Waals surface area contributed by atoms with Crippen molar-refractivity contribution < 1.29 is 4.74 Å². The molecule has 0 spiro atoms. The number of hydrogen-bond donors (Lipinski definition) is 1. The topological polar surface area (TPSA) is 21.3 Å². The van der Waals surface area contributed by atoms with Gasteiger partial charge in [-0.2, -0.15) is 0 Å². The lowest BCUT2D eigenvalue weighted by molar-refractivity contribution is 0.110. The zero-order chi connectivity index (χ0) is 11.6. The molecule has 0 amide bonds. The minimum absolute atomic E-state index is 0.151. The van der Waals surface area contributed by atoms with Gasteiger partial charge in [0.1, 0.15) is 11.4 Å². The van der Waals surface area contributed by atoms with Crippen LogP contribution in [0.5, 0.6) is 5.75 Å². The van der Waals surface area contributed by atoms with E-state index in [4.69, 9.17) is 4.74 Å². The maximum atomic E-state index is 6.00. The van der Waals surface area contributed by atoms with Crippen molar-refractivity contribution in [3.05, 3.63) is 29.3 Å². The fourth-order valence-corrected chi connectivity index (χ4v) is 2.39. The van der Waals surface area contributed by atoms with Gasteiger partial charge in [-0.05, 0) is 63.4 Å². The molecule has 0 saturated carbocycles. The van der Waals surface area contributed by atoms with Gasteiger partial charge in [0.05, 0.1) is 0 Å². The van der Waals surface area contributed by atoms with Crippen molar-refractivity contribution >= 4 is 0 Å². The predicted molar refractivity (Wildman–Crippen MR) is 67.1 cm³/mol. The monoisotopic (exact) mass is 219 g/mol. The molecule has 1 N–H and O–H groups in total. The van der Waals surface area contributed by atoms with Crippen molar-refractivity contribution in [2.45, 2.75) is 38.7 Å². The van der Waals surface area contributed by atoms with Crippen LogP contribution in [-0.2, 0) is 12.8 Å². The maximum Gasteiger partial charge on any atom is 0.120 e. The molecule has 2 heteroatoms. The third-order valence-corrected chi connectivity index (χ3v) is 3.07. The summed E-state index contributed by atoms with van der Waals surface area (Å²) in [5.41, 5.74) is 2.82. The summed E-state index contributed by atoms with van der Waals surface area (Å²) in [5.74, 6) is 1.00. The Balaban J connectivity index is 2.10. The second kappa shape index (κ2) is 4.46. The first-order valence-corrected chi connectivity index (χ1v) is 6.06. The Morgan fingerprint density at radius 2 is 2.00 bits per heavy atom. The van der Waals surface area contributed by atoms with Crippen molar-refractivity contribution in [3.63, 3.8) is 0 Å². The third kappa shape index (κ3) is 2.56. The molecule has 1 aromatic rings. The van der Waals surface area contributed by atoms with Gasteiger partial charge < -0.3 is 10.1 Å². The lowest BCUT2D eigenvalue weighted by Crippen LogP contribution is -2.38. The largest absolute Gasteiger partial charge is 0.487 e. The Bertz CT molecular complexity index is 371. The summed E-state index contributed by atoms with van der Waals surface area (Å²) in [4.78, 5) is 0. The fraction of sp³-hybridized carbons (Fsp3) is 0.571. The van der Waals surface area contributed by atoms with Crippen molar-refractivity contribution in [2.24, 2.45) is 0 Å². The van der Waals surface area contributed by atoms with E-state index >= 15 is 0 Å². The number of hydrogen-bond acceptors (Lipinski definition) is 2. The van der Waals surface area contributed by atoms with Crippen LogP contribution >= 0.6 is 0 Å². The van der Waals surface area contributed by atoms with Gasteiger partial charge in [-0.25, -0.2) is 0 Å². The lowest BCUT2D eigenvalue weighted by atomic mass is 10.1. The van der Waals surface area contributed by atoms with E-state index < -0.39 is 0 Å². The molecular formula is C14H21NO. The Morgan fingerprint density at radius 3 is 2.75 bits per heavy atom. The van der Waals surface area contributed by atoms with Crippen LogP contribution in [0.25, 0.3) is 0 Å². The van der Waals surface area contributed by atoms with Crippen molar-refractivity contribution in [3.8, 4) is 5.75 Å². The number of aryl methyl sites for hydroxylation is 2. The Morgan fingerprint density at radius 1 is 1.25 bits per heavy atom. The van der Waals surface area contributed by atoms with Crippen molar-refractivity contribution in [1.29, 1.82) is 0 Å². The van der Waals surface area contributed by atoms with Crippen LogP contribution in [0.4, 0.5) is 0 Å². The van der Waals surface area contributed by atoms with Gasteiger partial charge in [-0.1, -0.05) is 6.07 Å². The Labute approximate surface area is 98.0 Å². The molecule has 0 fully saturated rings. The first-order chi connectivity index (χ1) is 7.61. The number of rotatable bonds is 4. The molecule has 0 heterocycles. The Hall–Kier alpha value is -1.02. The van der Waals surface area contributed by atoms with E-state index in [1.54, 1.807) is 0 Å². The van der Waals surface area contributed by atoms with Gasteiger partial charge in [0, 0.05) is 6.54 Å². The van der Waals surface area contributed by atoms with Crippen LogP contribution in [-0.4, -0.2) is 19.2 Å². The first kappa shape index (κ1) is 11.5. The van der Waals surface area contributed by atoms with E-state index in [1.807, 2.05) is 7.05 Å². The molecule has 16 heavy (non-hydrogen) atoms. The standard InChI is InChI=1S/C14H21NO/c1-14(2,10-15-3)16-13-8-7-11-5-4-6-12(11)9-13/h7-9,15H,4-6,10H2,1-3H3. The minimum atomic E-state index is -0.151.